The predicted octanol–water partition coefficient (Wildman–Crippen LogP) is 5.72. The minimum absolute atomic E-state index is 0.215. The second-order valence-electron chi connectivity index (χ2n) is 4.73. The molecule has 0 saturated carbocycles. The first-order chi connectivity index (χ1) is 10.0. The molecule has 0 heterocycles. The van der Waals surface area contributed by atoms with E-state index in [2.05, 4.69) is 56.2 Å². The summed E-state index contributed by atoms with van der Waals surface area (Å²) in [4.78, 5) is 0. The molecule has 112 valence electrons. The zero-order chi connectivity index (χ0) is 15.4. The third-order valence-corrected chi connectivity index (χ3v) is 4.75. The Balaban J connectivity index is 2.04. The Labute approximate surface area is 147 Å². The molecule has 0 saturated heterocycles. The first-order valence-electron chi connectivity index (χ1n) is 6.52. The zero-order valence-electron chi connectivity index (χ0n) is 11.8. The van der Waals surface area contributed by atoms with E-state index in [9.17, 15) is 0 Å². The summed E-state index contributed by atoms with van der Waals surface area (Å²) in [6.45, 7) is 2.85. The van der Waals surface area contributed by atoms with Crippen molar-refractivity contribution < 1.29 is 4.74 Å². The van der Waals surface area contributed by atoms with Crippen molar-refractivity contribution in [1.82, 2.24) is 5.32 Å². The lowest BCUT2D eigenvalue weighted by molar-refractivity contribution is 0.411. The van der Waals surface area contributed by atoms with E-state index in [0.717, 1.165) is 31.8 Å². The van der Waals surface area contributed by atoms with E-state index >= 15 is 0 Å². The quantitative estimate of drug-likeness (QED) is 0.651. The summed E-state index contributed by atoms with van der Waals surface area (Å²) in [6.07, 6.45) is 0. The van der Waals surface area contributed by atoms with Crippen molar-refractivity contribution in [3.63, 3.8) is 0 Å². The van der Waals surface area contributed by atoms with Crippen LogP contribution in [0.3, 0.4) is 0 Å². The lowest BCUT2D eigenvalue weighted by Crippen LogP contribution is -2.18. The van der Waals surface area contributed by atoms with E-state index in [0.29, 0.717) is 0 Å². The molecule has 21 heavy (non-hydrogen) atoms. The molecule has 0 radical (unpaired) electrons. The maximum Gasteiger partial charge on any atom is 0.133 e. The number of methoxy groups -OCH3 is 1. The fourth-order valence-corrected chi connectivity index (χ4v) is 3.30. The highest BCUT2D eigenvalue weighted by Crippen LogP contribution is 2.28. The van der Waals surface area contributed by atoms with Crippen molar-refractivity contribution in [3.05, 3.63) is 61.5 Å². The molecule has 2 nitrogen and oxygen atoms in total. The maximum absolute atomic E-state index is 6.23. The standard InChI is InChI=1S/C16H16Br2ClNO/c1-10(11-4-6-16(21-2)14(18)7-11)20-9-12-3-5-13(17)8-15(12)19/h3-8,10,20H,9H2,1-2H3. The Hall–Kier alpha value is -0.550. The number of halogens is 3. The molecule has 0 bridgehead atoms. The number of rotatable bonds is 5. The number of ether oxygens (including phenoxy) is 1. The van der Waals surface area contributed by atoms with E-state index in [1.54, 1.807) is 7.11 Å². The van der Waals surface area contributed by atoms with Gasteiger partial charge < -0.3 is 10.1 Å². The average Bonchev–Trinajstić information content (AvgIpc) is 2.46. The third-order valence-electron chi connectivity index (χ3n) is 3.29. The van der Waals surface area contributed by atoms with Gasteiger partial charge in [0, 0.05) is 22.1 Å². The van der Waals surface area contributed by atoms with Crippen LogP contribution in [0.15, 0.2) is 45.3 Å². The summed E-state index contributed by atoms with van der Waals surface area (Å²) >= 11 is 13.2. The molecule has 0 amide bonds. The van der Waals surface area contributed by atoms with Crippen LogP contribution < -0.4 is 10.1 Å². The Morgan fingerprint density at radius 2 is 1.95 bits per heavy atom. The fraction of sp³-hybridized carbons (Fsp3) is 0.250. The van der Waals surface area contributed by atoms with E-state index in [1.807, 2.05) is 24.3 Å². The summed E-state index contributed by atoms with van der Waals surface area (Å²) < 4.78 is 7.19. The largest absolute Gasteiger partial charge is 0.496 e. The van der Waals surface area contributed by atoms with Crippen molar-refractivity contribution >= 4 is 43.5 Å². The zero-order valence-corrected chi connectivity index (χ0v) is 15.7. The fourth-order valence-electron chi connectivity index (χ4n) is 2.00. The monoisotopic (exact) mass is 431 g/mol. The van der Waals surface area contributed by atoms with E-state index in [-0.39, 0.29) is 6.04 Å². The van der Waals surface area contributed by atoms with Crippen molar-refractivity contribution in [2.24, 2.45) is 0 Å². The molecule has 5 heteroatoms. The Morgan fingerprint density at radius 1 is 1.19 bits per heavy atom. The van der Waals surface area contributed by atoms with Gasteiger partial charge in [0.05, 0.1) is 11.6 Å². The molecule has 0 aromatic heterocycles. The summed E-state index contributed by atoms with van der Waals surface area (Å²) in [5.41, 5.74) is 2.27. The first kappa shape index (κ1) is 16.8. The maximum atomic E-state index is 6.23. The SMILES string of the molecule is COc1ccc(C(C)NCc2ccc(Br)cc2Cl)cc1Br. The molecule has 0 aliphatic rings. The molecular formula is C16H16Br2ClNO. The van der Waals surface area contributed by atoms with Gasteiger partial charge >= 0.3 is 0 Å². The van der Waals surface area contributed by atoms with Crippen molar-refractivity contribution in [3.8, 4) is 5.75 Å². The Kier molecular flexibility index (Phi) is 6.11. The van der Waals surface area contributed by atoms with Crippen LogP contribution in [0.4, 0.5) is 0 Å². The van der Waals surface area contributed by atoms with Gasteiger partial charge in [0.25, 0.3) is 0 Å². The minimum atomic E-state index is 0.215. The molecule has 1 unspecified atom stereocenters. The van der Waals surface area contributed by atoms with Crippen LogP contribution in [-0.2, 0) is 6.54 Å². The Bertz CT molecular complexity index is 634. The first-order valence-corrected chi connectivity index (χ1v) is 8.48. The molecule has 0 aliphatic heterocycles. The lowest BCUT2D eigenvalue weighted by Gasteiger charge is -2.16. The van der Waals surface area contributed by atoms with Crippen LogP contribution in [0.5, 0.6) is 5.75 Å². The number of hydrogen-bond donors (Lipinski definition) is 1. The highest BCUT2D eigenvalue weighted by Gasteiger charge is 2.09. The highest BCUT2D eigenvalue weighted by atomic mass is 79.9. The van der Waals surface area contributed by atoms with Gasteiger partial charge in [-0.3, -0.25) is 0 Å². The summed E-state index contributed by atoms with van der Waals surface area (Å²) in [5.74, 6) is 0.835. The molecule has 0 fully saturated rings. The smallest absolute Gasteiger partial charge is 0.133 e. The van der Waals surface area contributed by atoms with Gasteiger partial charge in [0.2, 0.25) is 0 Å². The van der Waals surface area contributed by atoms with Crippen LogP contribution in [-0.4, -0.2) is 7.11 Å². The molecule has 1 atom stereocenters. The molecule has 2 rings (SSSR count). The predicted molar refractivity (Wildman–Crippen MR) is 95.1 cm³/mol. The van der Waals surface area contributed by atoms with Gasteiger partial charge in [-0.2, -0.15) is 0 Å². The van der Waals surface area contributed by atoms with Gasteiger partial charge in [-0.25, -0.2) is 0 Å². The van der Waals surface area contributed by atoms with Gasteiger partial charge in [0.1, 0.15) is 5.75 Å². The molecule has 1 N–H and O–H groups in total. The summed E-state index contributed by atoms with van der Waals surface area (Å²) in [5, 5.41) is 4.24. The van der Waals surface area contributed by atoms with Crippen LogP contribution >= 0.6 is 43.5 Å². The summed E-state index contributed by atoms with van der Waals surface area (Å²) in [7, 11) is 1.66. The second kappa shape index (κ2) is 7.63. The number of nitrogens with one attached hydrogen (secondary N) is 1. The Morgan fingerprint density at radius 3 is 2.57 bits per heavy atom. The van der Waals surface area contributed by atoms with Gasteiger partial charge in [0.15, 0.2) is 0 Å². The normalized spacial score (nSPS) is 12.2. The topological polar surface area (TPSA) is 21.3 Å². The lowest BCUT2D eigenvalue weighted by atomic mass is 10.1. The van der Waals surface area contributed by atoms with Crippen molar-refractivity contribution in [1.29, 1.82) is 0 Å². The van der Waals surface area contributed by atoms with Crippen LogP contribution in [0, 0.1) is 0 Å². The van der Waals surface area contributed by atoms with Crippen LogP contribution in [0.1, 0.15) is 24.1 Å². The minimum Gasteiger partial charge on any atom is -0.496 e. The third kappa shape index (κ3) is 4.46. The average molecular weight is 434 g/mol. The molecule has 0 spiro atoms. The number of hydrogen-bond acceptors (Lipinski definition) is 2. The highest BCUT2D eigenvalue weighted by molar-refractivity contribution is 9.10. The van der Waals surface area contributed by atoms with E-state index in [4.69, 9.17) is 16.3 Å². The molecule has 2 aromatic carbocycles. The molecule has 0 aliphatic carbocycles. The van der Waals surface area contributed by atoms with E-state index in [1.165, 1.54) is 5.56 Å². The number of benzene rings is 2. The van der Waals surface area contributed by atoms with E-state index < -0.39 is 0 Å². The van der Waals surface area contributed by atoms with Crippen LogP contribution in [0.25, 0.3) is 0 Å². The van der Waals surface area contributed by atoms with Crippen molar-refractivity contribution in [2.45, 2.75) is 19.5 Å². The summed E-state index contributed by atoms with van der Waals surface area (Å²) in [6, 6.07) is 12.2. The van der Waals surface area contributed by atoms with Gasteiger partial charge in [-0.1, -0.05) is 39.7 Å². The molecule has 2 aromatic rings. The second-order valence-corrected chi connectivity index (χ2v) is 6.91. The van der Waals surface area contributed by atoms with Gasteiger partial charge in [-0.05, 0) is 58.2 Å². The van der Waals surface area contributed by atoms with Crippen LogP contribution in [0.2, 0.25) is 5.02 Å². The van der Waals surface area contributed by atoms with Gasteiger partial charge in [-0.15, -0.1) is 0 Å². The van der Waals surface area contributed by atoms with Crippen molar-refractivity contribution in [2.75, 3.05) is 7.11 Å². The molecular weight excluding hydrogens is 417 g/mol.